The first-order chi connectivity index (χ1) is 13.1. The van der Waals surface area contributed by atoms with Gasteiger partial charge in [0.1, 0.15) is 0 Å². The summed E-state index contributed by atoms with van der Waals surface area (Å²) in [7, 11) is 0. The summed E-state index contributed by atoms with van der Waals surface area (Å²) < 4.78 is 52.3. The van der Waals surface area contributed by atoms with Crippen molar-refractivity contribution in [1.82, 2.24) is 0 Å². The van der Waals surface area contributed by atoms with Gasteiger partial charge in [0.05, 0.1) is 13.2 Å². The van der Waals surface area contributed by atoms with E-state index >= 15 is 0 Å². The van der Waals surface area contributed by atoms with Crippen LogP contribution in [0.15, 0.2) is 12.1 Å². The Hall–Kier alpha value is -1.07. The SMILES string of the molecule is Fc1cc(C2CCC(C3OCC(C4CCCCC4)CO3)CC2)cc(F)c1F. The lowest BCUT2D eigenvalue weighted by Crippen LogP contribution is -2.41. The van der Waals surface area contributed by atoms with Crippen LogP contribution < -0.4 is 0 Å². The first kappa shape index (κ1) is 19.3. The van der Waals surface area contributed by atoms with Crippen LogP contribution in [0.25, 0.3) is 0 Å². The highest BCUT2D eigenvalue weighted by molar-refractivity contribution is 5.23. The molecule has 0 atom stereocenters. The fourth-order valence-electron chi connectivity index (χ4n) is 5.22. The lowest BCUT2D eigenvalue weighted by Gasteiger charge is -2.40. The van der Waals surface area contributed by atoms with Crippen molar-refractivity contribution in [2.45, 2.75) is 70.0 Å². The molecule has 150 valence electrons. The van der Waals surface area contributed by atoms with Gasteiger partial charge in [-0.25, -0.2) is 13.2 Å². The van der Waals surface area contributed by atoms with E-state index in [-0.39, 0.29) is 12.2 Å². The topological polar surface area (TPSA) is 18.5 Å². The minimum atomic E-state index is -1.39. The van der Waals surface area contributed by atoms with Crippen LogP contribution in [0.3, 0.4) is 0 Å². The molecule has 0 unspecified atom stereocenters. The van der Waals surface area contributed by atoms with E-state index in [0.29, 0.717) is 17.4 Å². The van der Waals surface area contributed by atoms with Gasteiger partial charge < -0.3 is 9.47 Å². The van der Waals surface area contributed by atoms with E-state index in [2.05, 4.69) is 0 Å². The Labute approximate surface area is 159 Å². The van der Waals surface area contributed by atoms with Gasteiger partial charge in [-0.1, -0.05) is 32.1 Å². The van der Waals surface area contributed by atoms with Gasteiger partial charge in [-0.05, 0) is 55.2 Å². The highest BCUT2D eigenvalue weighted by atomic mass is 19.2. The molecular formula is C22H29F3O2. The predicted molar refractivity (Wildman–Crippen MR) is 96.8 cm³/mol. The lowest BCUT2D eigenvalue weighted by atomic mass is 9.77. The zero-order valence-corrected chi connectivity index (χ0v) is 15.8. The molecule has 0 amide bonds. The number of rotatable bonds is 3. The van der Waals surface area contributed by atoms with E-state index in [1.165, 1.54) is 32.1 Å². The Morgan fingerprint density at radius 2 is 1.26 bits per heavy atom. The molecule has 4 rings (SSSR count). The maximum absolute atomic E-state index is 13.5. The first-order valence-electron chi connectivity index (χ1n) is 10.5. The molecule has 1 aliphatic heterocycles. The van der Waals surface area contributed by atoms with E-state index in [1.807, 2.05) is 0 Å². The molecule has 0 N–H and O–H groups in total. The van der Waals surface area contributed by atoms with Crippen LogP contribution in [0.2, 0.25) is 0 Å². The third-order valence-electron chi connectivity index (χ3n) is 6.90. The van der Waals surface area contributed by atoms with E-state index in [9.17, 15) is 13.2 Å². The molecule has 1 aromatic carbocycles. The van der Waals surface area contributed by atoms with Gasteiger partial charge in [-0.3, -0.25) is 0 Å². The van der Waals surface area contributed by atoms with E-state index in [4.69, 9.17) is 9.47 Å². The van der Waals surface area contributed by atoms with Crippen molar-refractivity contribution in [2.75, 3.05) is 13.2 Å². The molecule has 5 heteroatoms. The van der Waals surface area contributed by atoms with E-state index in [1.54, 1.807) is 0 Å². The van der Waals surface area contributed by atoms with Crippen LogP contribution in [0.1, 0.15) is 69.3 Å². The third kappa shape index (κ3) is 4.34. The third-order valence-corrected chi connectivity index (χ3v) is 6.90. The largest absolute Gasteiger partial charge is 0.352 e. The summed E-state index contributed by atoms with van der Waals surface area (Å²) in [6.07, 6.45) is 9.95. The molecule has 1 saturated heterocycles. The van der Waals surface area contributed by atoms with Gasteiger partial charge in [-0.15, -0.1) is 0 Å². The molecule has 1 heterocycles. The van der Waals surface area contributed by atoms with E-state index in [0.717, 1.165) is 56.9 Å². The van der Waals surface area contributed by atoms with Crippen molar-refractivity contribution in [2.24, 2.45) is 17.8 Å². The minimum absolute atomic E-state index is 0.0735. The van der Waals surface area contributed by atoms with Crippen LogP contribution in [-0.4, -0.2) is 19.5 Å². The van der Waals surface area contributed by atoms with Gasteiger partial charge in [0, 0.05) is 11.8 Å². The molecule has 3 aliphatic rings. The fraction of sp³-hybridized carbons (Fsp3) is 0.727. The van der Waals surface area contributed by atoms with Crippen molar-refractivity contribution >= 4 is 0 Å². The van der Waals surface area contributed by atoms with Crippen molar-refractivity contribution < 1.29 is 22.6 Å². The quantitative estimate of drug-likeness (QED) is 0.602. The summed E-state index contributed by atoms with van der Waals surface area (Å²) in [4.78, 5) is 0. The highest BCUT2D eigenvalue weighted by Crippen LogP contribution is 2.40. The number of benzene rings is 1. The molecule has 0 spiro atoms. The summed E-state index contributed by atoms with van der Waals surface area (Å²) in [5.74, 6) is -1.89. The van der Waals surface area contributed by atoms with Gasteiger partial charge >= 0.3 is 0 Å². The maximum atomic E-state index is 13.5. The molecule has 2 aliphatic carbocycles. The normalized spacial score (nSPS) is 33.1. The number of halogens is 3. The summed E-state index contributed by atoms with van der Waals surface area (Å²) in [5.41, 5.74) is 0.563. The van der Waals surface area contributed by atoms with Crippen LogP contribution >= 0.6 is 0 Å². The Bertz CT molecular complexity index is 605. The van der Waals surface area contributed by atoms with Gasteiger partial charge in [0.2, 0.25) is 0 Å². The number of hydrogen-bond donors (Lipinski definition) is 0. The highest BCUT2D eigenvalue weighted by Gasteiger charge is 2.35. The molecule has 2 saturated carbocycles. The molecule has 2 nitrogen and oxygen atoms in total. The lowest BCUT2D eigenvalue weighted by molar-refractivity contribution is -0.236. The predicted octanol–water partition coefficient (Wildman–Crippen LogP) is 5.95. The fourth-order valence-corrected chi connectivity index (χ4v) is 5.22. The van der Waals surface area contributed by atoms with Crippen molar-refractivity contribution in [3.63, 3.8) is 0 Å². The Balaban J connectivity index is 1.27. The minimum Gasteiger partial charge on any atom is -0.352 e. The number of hydrogen-bond acceptors (Lipinski definition) is 2. The average molecular weight is 382 g/mol. The van der Waals surface area contributed by atoms with E-state index < -0.39 is 17.5 Å². The number of ether oxygens (including phenoxy) is 2. The van der Waals surface area contributed by atoms with Crippen LogP contribution in [0.4, 0.5) is 13.2 Å². The second-order valence-corrected chi connectivity index (χ2v) is 8.60. The average Bonchev–Trinajstić information content (AvgIpc) is 2.72. The Morgan fingerprint density at radius 3 is 1.85 bits per heavy atom. The zero-order valence-electron chi connectivity index (χ0n) is 15.8. The Kier molecular flexibility index (Phi) is 6.08. The first-order valence-corrected chi connectivity index (χ1v) is 10.5. The Morgan fingerprint density at radius 1 is 0.667 bits per heavy atom. The summed E-state index contributed by atoms with van der Waals surface area (Å²) in [6, 6.07) is 2.29. The van der Waals surface area contributed by atoms with Crippen LogP contribution in [-0.2, 0) is 9.47 Å². The maximum Gasteiger partial charge on any atom is 0.194 e. The standard InChI is InChI=1S/C22H29F3O2/c23-19-10-17(11-20(24)21(19)25)15-6-8-16(9-7-15)22-26-12-18(13-27-22)14-4-2-1-3-5-14/h10-11,14-16,18,22H,1-9,12-13H2. The van der Waals surface area contributed by atoms with Crippen LogP contribution in [0, 0.1) is 35.2 Å². The van der Waals surface area contributed by atoms with Crippen LogP contribution in [0.5, 0.6) is 0 Å². The molecule has 1 aromatic rings. The van der Waals surface area contributed by atoms with Crippen molar-refractivity contribution in [3.05, 3.63) is 35.1 Å². The summed E-state index contributed by atoms with van der Waals surface area (Å²) in [5, 5.41) is 0. The van der Waals surface area contributed by atoms with Crippen molar-refractivity contribution in [1.29, 1.82) is 0 Å². The molecule has 0 radical (unpaired) electrons. The molecular weight excluding hydrogens is 353 g/mol. The molecule has 0 bridgehead atoms. The van der Waals surface area contributed by atoms with Gasteiger partial charge in [-0.2, -0.15) is 0 Å². The monoisotopic (exact) mass is 382 g/mol. The second-order valence-electron chi connectivity index (χ2n) is 8.60. The molecule has 3 fully saturated rings. The molecule has 0 aromatic heterocycles. The van der Waals surface area contributed by atoms with Gasteiger partial charge in [0.25, 0.3) is 0 Å². The van der Waals surface area contributed by atoms with Crippen molar-refractivity contribution in [3.8, 4) is 0 Å². The smallest absolute Gasteiger partial charge is 0.194 e. The summed E-state index contributed by atoms with van der Waals surface area (Å²) in [6.45, 7) is 1.59. The summed E-state index contributed by atoms with van der Waals surface area (Å²) >= 11 is 0. The van der Waals surface area contributed by atoms with Gasteiger partial charge in [0.15, 0.2) is 23.7 Å². The zero-order chi connectivity index (χ0) is 18.8. The second kappa shape index (κ2) is 8.52. The molecule has 27 heavy (non-hydrogen) atoms.